The summed E-state index contributed by atoms with van der Waals surface area (Å²) in [5.74, 6) is 0.0805. The summed E-state index contributed by atoms with van der Waals surface area (Å²) >= 11 is 0. The van der Waals surface area contributed by atoms with Crippen LogP contribution in [0.4, 0.5) is 0 Å². The Labute approximate surface area is 114 Å². The van der Waals surface area contributed by atoms with Crippen LogP contribution in [0.1, 0.15) is 39.0 Å². The normalized spacial score (nSPS) is 34.5. The van der Waals surface area contributed by atoms with Gasteiger partial charge >= 0.3 is 5.97 Å². The van der Waals surface area contributed by atoms with Crippen molar-refractivity contribution in [3.63, 3.8) is 0 Å². The van der Waals surface area contributed by atoms with Crippen LogP contribution in [0.15, 0.2) is 0 Å². The molecule has 5 nitrogen and oxygen atoms in total. The first-order chi connectivity index (χ1) is 8.87. The van der Waals surface area contributed by atoms with E-state index in [2.05, 4.69) is 6.92 Å². The number of aliphatic carboxylic acids is 1. The summed E-state index contributed by atoms with van der Waals surface area (Å²) in [6, 6.07) is 0.134. The van der Waals surface area contributed by atoms with Crippen molar-refractivity contribution in [1.29, 1.82) is 0 Å². The standard InChI is InChI=1S/C13H23NO4S/c1-10-3-2-4-11(7-10)14(8-13(15)16)12-5-6-19(17,18)9-12/h10-12H,2-9H2,1H3,(H,15,16). The van der Waals surface area contributed by atoms with Crippen molar-refractivity contribution in [3.05, 3.63) is 0 Å². The lowest BCUT2D eigenvalue weighted by molar-refractivity contribution is -0.139. The first-order valence-corrected chi connectivity index (χ1v) is 8.87. The summed E-state index contributed by atoms with van der Waals surface area (Å²) in [7, 11) is -2.96. The Morgan fingerprint density at radius 1 is 1.26 bits per heavy atom. The van der Waals surface area contributed by atoms with Crippen LogP contribution in [0.5, 0.6) is 0 Å². The fraction of sp³-hybridized carbons (Fsp3) is 0.923. The van der Waals surface area contributed by atoms with Crippen LogP contribution in [-0.4, -0.2) is 54.5 Å². The first kappa shape index (κ1) is 14.8. The number of rotatable bonds is 4. The van der Waals surface area contributed by atoms with E-state index in [1.807, 2.05) is 4.90 Å². The average Bonchev–Trinajstić information content (AvgIpc) is 2.66. The second kappa shape index (κ2) is 5.79. The number of carbonyl (C=O) groups is 1. The average molecular weight is 289 g/mol. The molecule has 0 aromatic carbocycles. The van der Waals surface area contributed by atoms with E-state index in [-0.39, 0.29) is 30.1 Å². The molecule has 0 radical (unpaired) electrons. The molecule has 3 unspecified atom stereocenters. The van der Waals surface area contributed by atoms with Gasteiger partial charge in [0.1, 0.15) is 0 Å². The van der Waals surface area contributed by atoms with Gasteiger partial charge in [0.2, 0.25) is 0 Å². The minimum absolute atomic E-state index is 0.0302. The summed E-state index contributed by atoms with van der Waals surface area (Å²) in [5.41, 5.74) is 0. The molecule has 0 aromatic heterocycles. The van der Waals surface area contributed by atoms with Crippen LogP contribution in [0.3, 0.4) is 0 Å². The molecule has 19 heavy (non-hydrogen) atoms. The van der Waals surface area contributed by atoms with E-state index in [1.54, 1.807) is 0 Å². The lowest BCUT2D eigenvalue weighted by Gasteiger charge is -2.39. The van der Waals surface area contributed by atoms with Gasteiger partial charge in [0, 0.05) is 12.1 Å². The lowest BCUT2D eigenvalue weighted by Crippen LogP contribution is -2.48. The van der Waals surface area contributed by atoms with E-state index < -0.39 is 15.8 Å². The molecule has 2 fully saturated rings. The molecule has 1 N–H and O–H groups in total. The molecule has 3 atom stereocenters. The molecule has 1 saturated heterocycles. The van der Waals surface area contributed by atoms with Crippen molar-refractivity contribution in [2.45, 2.75) is 51.1 Å². The Hall–Kier alpha value is -0.620. The van der Waals surface area contributed by atoms with Gasteiger partial charge in [-0.1, -0.05) is 19.8 Å². The predicted molar refractivity (Wildman–Crippen MR) is 72.8 cm³/mol. The Balaban J connectivity index is 2.09. The molecule has 1 saturated carbocycles. The summed E-state index contributed by atoms with van der Waals surface area (Å²) in [5, 5.41) is 9.08. The first-order valence-electron chi connectivity index (χ1n) is 7.05. The molecule has 0 amide bonds. The molecular weight excluding hydrogens is 266 g/mol. The van der Waals surface area contributed by atoms with E-state index in [9.17, 15) is 13.2 Å². The van der Waals surface area contributed by atoms with Crippen LogP contribution in [0.25, 0.3) is 0 Å². The highest BCUT2D eigenvalue weighted by atomic mass is 32.2. The zero-order valence-corrected chi connectivity index (χ0v) is 12.2. The van der Waals surface area contributed by atoms with Crippen LogP contribution >= 0.6 is 0 Å². The van der Waals surface area contributed by atoms with Gasteiger partial charge in [-0.15, -0.1) is 0 Å². The third-order valence-electron chi connectivity index (χ3n) is 4.37. The van der Waals surface area contributed by atoms with Gasteiger partial charge in [0.05, 0.1) is 18.1 Å². The number of carboxylic acids is 1. The highest BCUT2D eigenvalue weighted by Crippen LogP contribution is 2.30. The molecule has 0 bridgehead atoms. The highest BCUT2D eigenvalue weighted by molar-refractivity contribution is 7.91. The van der Waals surface area contributed by atoms with Crippen LogP contribution in [0.2, 0.25) is 0 Å². The molecular formula is C13H23NO4S. The van der Waals surface area contributed by atoms with Gasteiger partial charge in [-0.25, -0.2) is 8.42 Å². The second-order valence-corrected chi connectivity index (χ2v) is 8.28. The molecule has 6 heteroatoms. The van der Waals surface area contributed by atoms with E-state index in [4.69, 9.17) is 5.11 Å². The molecule has 2 aliphatic rings. The van der Waals surface area contributed by atoms with Crippen LogP contribution < -0.4 is 0 Å². The molecule has 1 aliphatic carbocycles. The smallest absolute Gasteiger partial charge is 0.317 e. The third kappa shape index (κ3) is 3.92. The second-order valence-electron chi connectivity index (χ2n) is 6.05. The zero-order valence-electron chi connectivity index (χ0n) is 11.4. The maximum atomic E-state index is 11.6. The molecule has 110 valence electrons. The number of sulfone groups is 1. The highest BCUT2D eigenvalue weighted by Gasteiger charge is 2.37. The molecule has 1 heterocycles. The predicted octanol–water partition coefficient (Wildman–Crippen LogP) is 1.14. The summed E-state index contributed by atoms with van der Waals surface area (Å²) < 4.78 is 23.2. The quantitative estimate of drug-likeness (QED) is 0.840. The largest absolute Gasteiger partial charge is 0.480 e. The van der Waals surface area contributed by atoms with Gasteiger partial charge in [-0.2, -0.15) is 0 Å². The van der Waals surface area contributed by atoms with Crippen molar-refractivity contribution >= 4 is 15.8 Å². The topological polar surface area (TPSA) is 74.7 Å². The monoisotopic (exact) mass is 289 g/mol. The number of carboxylic acid groups (broad SMARTS) is 1. The van der Waals surface area contributed by atoms with Crippen LogP contribution in [-0.2, 0) is 14.6 Å². The van der Waals surface area contributed by atoms with Crippen molar-refractivity contribution in [3.8, 4) is 0 Å². The number of nitrogens with zero attached hydrogens (tertiary/aromatic N) is 1. The molecule has 1 aliphatic heterocycles. The van der Waals surface area contributed by atoms with Gasteiger partial charge in [-0.3, -0.25) is 9.69 Å². The van der Waals surface area contributed by atoms with E-state index >= 15 is 0 Å². The Morgan fingerprint density at radius 2 is 2.00 bits per heavy atom. The maximum absolute atomic E-state index is 11.6. The van der Waals surface area contributed by atoms with Crippen molar-refractivity contribution in [2.24, 2.45) is 5.92 Å². The van der Waals surface area contributed by atoms with E-state index in [0.29, 0.717) is 12.3 Å². The Kier molecular flexibility index (Phi) is 4.50. The maximum Gasteiger partial charge on any atom is 0.317 e. The summed E-state index contributed by atoms with van der Waals surface area (Å²) in [4.78, 5) is 13.0. The van der Waals surface area contributed by atoms with Gasteiger partial charge < -0.3 is 5.11 Å². The van der Waals surface area contributed by atoms with Crippen molar-refractivity contribution in [1.82, 2.24) is 4.90 Å². The SMILES string of the molecule is CC1CCCC(N(CC(=O)O)C2CCS(=O)(=O)C2)C1. The fourth-order valence-electron chi connectivity index (χ4n) is 3.45. The van der Waals surface area contributed by atoms with E-state index in [0.717, 1.165) is 19.3 Å². The van der Waals surface area contributed by atoms with Crippen LogP contribution in [0, 0.1) is 5.92 Å². The van der Waals surface area contributed by atoms with Crippen molar-refractivity contribution < 1.29 is 18.3 Å². The van der Waals surface area contributed by atoms with E-state index in [1.165, 1.54) is 6.42 Å². The van der Waals surface area contributed by atoms with Gasteiger partial charge in [0.15, 0.2) is 9.84 Å². The lowest BCUT2D eigenvalue weighted by atomic mass is 9.85. The Morgan fingerprint density at radius 3 is 2.53 bits per heavy atom. The summed E-state index contributed by atoms with van der Waals surface area (Å²) in [6.07, 6.45) is 4.88. The zero-order chi connectivity index (χ0) is 14.0. The van der Waals surface area contributed by atoms with Gasteiger partial charge in [-0.05, 0) is 25.2 Å². The molecule has 0 aromatic rings. The number of hydrogen-bond acceptors (Lipinski definition) is 4. The fourth-order valence-corrected chi connectivity index (χ4v) is 5.20. The summed E-state index contributed by atoms with van der Waals surface area (Å²) in [6.45, 7) is 2.16. The Bertz CT molecular complexity index is 434. The minimum Gasteiger partial charge on any atom is -0.480 e. The van der Waals surface area contributed by atoms with Gasteiger partial charge in [0.25, 0.3) is 0 Å². The number of hydrogen-bond donors (Lipinski definition) is 1. The molecule has 0 spiro atoms. The molecule has 2 rings (SSSR count). The minimum atomic E-state index is -2.96. The van der Waals surface area contributed by atoms with Crippen molar-refractivity contribution in [2.75, 3.05) is 18.1 Å². The third-order valence-corrected chi connectivity index (χ3v) is 6.12.